The first-order chi connectivity index (χ1) is 9.28. The number of anilines is 1. The number of rotatable bonds is 2. The van der Waals surface area contributed by atoms with Gasteiger partial charge in [0.25, 0.3) is 5.91 Å². The second-order valence-electron chi connectivity index (χ2n) is 5.48. The summed E-state index contributed by atoms with van der Waals surface area (Å²) in [4.78, 5) is 12.6. The fourth-order valence-electron chi connectivity index (χ4n) is 1.67. The van der Waals surface area contributed by atoms with E-state index < -0.39 is 0 Å². The maximum Gasteiger partial charge on any atom is 0.265 e. The molecule has 6 heteroatoms. The van der Waals surface area contributed by atoms with Gasteiger partial charge < -0.3 is 11.1 Å². The molecule has 0 aliphatic rings. The van der Waals surface area contributed by atoms with Crippen LogP contribution in [0.15, 0.2) is 24.3 Å². The van der Waals surface area contributed by atoms with Gasteiger partial charge in [0, 0.05) is 16.1 Å². The van der Waals surface area contributed by atoms with Crippen LogP contribution in [0.4, 0.5) is 5.69 Å². The molecular weight excluding hydrogens is 294 g/mol. The largest absolute Gasteiger partial charge is 0.396 e. The number of amides is 1. The zero-order valence-electron chi connectivity index (χ0n) is 11.5. The molecule has 0 saturated carbocycles. The van der Waals surface area contributed by atoms with Crippen molar-refractivity contribution in [2.75, 3.05) is 5.73 Å². The molecule has 0 spiro atoms. The number of nitrogens with one attached hydrogen (secondary N) is 1. The average molecular weight is 310 g/mol. The van der Waals surface area contributed by atoms with Gasteiger partial charge in [-0.2, -0.15) is 4.37 Å². The van der Waals surface area contributed by atoms with Crippen molar-refractivity contribution >= 4 is 34.7 Å². The van der Waals surface area contributed by atoms with Crippen LogP contribution in [0.3, 0.4) is 0 Å². The van der Waals surface area contributed by atoms with Crippen LogP contribution in [0.25, 0.3) is 11.3 Å². The highest BCUT2D eigenvalue weighted by Gasteiger charge is 2.22. The SMILES string of the molecule is CC(C)(C)NC(=O)c1snc(-c2ccc(Cl)cc2)c1N. The summed E-state index contributed by atoms with van der Waals surface area (Å²) in [5, 5.41) is 3.53. The van der Waals surface area contributed by atoms with Gasteiger partial charge in [-0.1, -0.05) is 23.7 Å². The Morgan fingerprint density at radius 2 is 1.90 bits per heavy atom. The van der Waals surface area contributed by atoms with Crippen LogP contribution >= 0.6 is 23.1 Å². The molecule has 0 unspecified atom stereocenters. The third-order valence-electron chi connectivity index (χ3n) is 2.54. The number of aromatic nitrogens is 1. The van der Waals surface area contributed by atoms with Crippen molar-refractivity contribution in [3.05, 3.63) is 34.2 Å². The lowest BCUT2D eigenvalue weighted by atomic mass is 10.1. The molecule has 1 aromatic carbocycles. The third-order valence-corrected chi connectivity index (χ3v) is 3.65. The molecule has 0 bridgehead atoms. The van der Waals surface area contributed by atoms with E-state index in [1.807, 2.05) is 32.9 Å². The summed E-state index contributed by atoms with van der Waals surface area (Å²) in [7, 11) is 0. The van der Waals surface area contributed by atoms with Crippen molar-refractivity contribution in [3.8, 4) is 11.3 Å². The number of hydrogen-bond donors (Lipinski definition) is 2. The van der Waals surface area contributed by atoms with Crippen molar-refractivity contribution in [2.24, 2.45) is 0 Å². The molecule has 0 aliphatic heterocycles. The van der Waals surface area contributed by atoms with Crippen LogP contribution < -0.4 is 11.1 Å². The van der Waals surface area contributed by atoms with Gasteiger partial charge >= 0.3 is 0 Å². The molecule has 2 aromatic rings. The number of nitrogen functional groups attached to an aromatic ring is 1. The molecule has 1 amide bonds. The quantitative estimate of drug-likeness (QED) is 0.891. The molecule has 20 heavy (non-hydrogen) atoms. The molecule has 0 radical (unpaired) electrons. The van der Waals surface area contributed by atoms with E-state index in [0.717, 1.165) is 17.1 Å². The fourth-order valence-corrected chi connectivity index (χ4v) is 2.52. The predicted octanol–water partition coefficient (Wildman–Crippen LogP) is 3.57. The zero-order valence-corrected chi connectivity index (χ0v) is 13.1. The number of nitrogens with zero attached hydrogens (tertiary/aromatic N) is 1. The van der Waals surface area contributed by atoms with Crippen LogP contribution in [-0.4, -0.2) is 15.8 Å². The van der Waals surface area contributed by atoms with Crippen molar-refractivity contribution in [2.45, 2.75) is 26.3 Å². The van der Waals surface area contributed by atoms with Gasteiger partial charge in [0.1, 0.15) is 10.6 Å². The number of carbonyl (C=O) groups is 1. The lowest BCUT2D eigenvalue weighted by molar-refractivity contribution is 0.0924. The van der Waals surface area contributed by atoms with Crippen LogP contribution in [0, 0.1) is 0 Å². The number of nitrogens with two attached hydrogens (primary N) is 1. The van der Waals surface area contributed by atoms with Gasteiger partial charge in [0.15, 0.2) is 0 Å². The highest BCUT2D eigenvalue weighted by Crippen LogP contribution is 2.31. The second kappa shape index (κ2) is 5.42. The second-order valence-corrected chi connectivity index (χ2v) is 6.69. The monoisotopic (exact) mass is 309 g/mol. The first-order valence-corrected chi connectivity index (χ1v) is 7.26. The first kappa shape index (κ1) is 14.8. The van der Waals surface area contributed by atoms with Gasteiger partial charge in [0.2, 0.25) is 0 Å². The van der Waals surface area contributed by atoms with E-state index in [1.165, 1.54) is 0 Å². The first-order valence-electron chi connectivity index (χ1n) is 6.11. The number of benzene rings is 1. The predicted molar refractivity (Wildman–Crippen MR) is 84.2 cm³/mol. The van der Waals surface area contributed by atoms with Crippen LogP contribution in [0.5, 0.6) is 0 Å². The Labute approximate surface area is 127 Å². The highest BCUT2D eigenvalue weighted by atomic mass is 35.5. The Morgan fingerprint density at radius 3 is 2.45 bits per heavy atom. The van der Waals surface area contributed by atoms with Crippen LogP contribution in [-0.2, 0) is 0 Å². The van der Waals surface area contributed by atoms with E-state index in [4.69, 9.17) is 17.3 Å². The van der Waals surface area contributed by atoms with Crippen molar-refractivity contribution < 1.29 is 4.79 Å². The molecule has 106 valence electrons. The molecule has 0 aliphatic carbocycles. The van der Waals surface area contributed by atoms with Gasteiger partial charge in [0.05, 0.1) is 5.69 Å². The summed E-state index contributed by atoms with van der Waals surface area (Å²) >= 11 is 6.96. The molecule has 1 aromatic heterocycles. The summed E-state index contributed by atoms with van der Waals surface area (Å²) < 4.78 is 4.28. The van der Waals surface area contributed by atoms with Gasteiger partial charge in [-0.25, -0.2) is 0 Å². The average Bonchev–Trinajstić information content (AvgIpc) is 2.70. The van der Waals surface area contributed by atoms with E-state index in [1.54, 1.807) is 12.1 Å². The van der Waals surface area contributed by atoms with Crippen molar-refractivity contribution in [1.29, 1.82) is 0 Å². The molecule has 4 nitrogen and oxygen atoms in total. The minimum atomic E-state index is -0.312. The Kier molecular flexibility index (Phi) is 4.01. The summed E-state index contributed by atoms with van der Waals surface area (Å²) in [6, 6.07) is 7.20. The summed E-state index contributed by atoms with van der Waals surface area (Å²) in [6.45, 7) is 5.76. The van der Waals surface area contributed by atoms with Gasteiger partial charge in [-0.3, -0.25) is 4.79 Å². The smallest absolute Gasteiger partial charge is 0.265 e. The van der Waals surface area contributed by atoms with E-state index in [-0.39, 0.29) is 11.4 Å². The van der Waals surface area contributed by atoms with Gasteiger partial charge in [-0.05, 0) is 44.4 Å². The molecule has 1 heterocycles. The molecule has 0 atom stereocenters. The Balaban J connectivity index is 2.32. The molecular formula is C14H16ClN3OS. The summed E-state index contributed by atoms with van der Waals surface area (Å²) in [5.41, 5.74) is 7.60. The zero-order chi connectivity index (χ0) is 14.9. The Hall–Kier alpha value is -1.59. The minimum absolute atomic E-state index is 0.201. The normalized spacial score (nSPS) is 11.4. The standard InChI is InChI=1S/C14H16ClN3OS/c1-14(2,3)17-13(19)12-10(16)11(18-20-12)8-4-6-9(15)7-5-8/h4-7H,16H2,1-3H3,(H,17,19). The number of hydrogen-bond acceptors (Lipinski definition) is 4. The van der Waals surface area contributed by atoms with Crippen LogP contribution in [0.1, 0.15) is 30.4 Å². The topological polar surface area (TPSA) is 68.0 Å². The maximum atomic E-state index is 12.1. The Morgan fingerprint density at radius 1 is 1.30 bits per heavy atom. The van der Waals surface area contributed by atoms with Gasteiger partial charge in [-0.15, -0.1) is 0 Å². The molecule has 0 fully saturated rings. The lowest BCUT2D eigenvalue weighted by Crippen LogP contribution is -2.40. The molecule has 0 saturated heterocycles. The van der Waals surface area contributed by atoms with E-state index >= 15 is 0 Å². The van der Waals surface area contributed by atoms with Crippen molar-refractivity contribution in [3.63, 3.8) is 0 Å². The van der Waals surface area contributed by atoms with E-state index in [0.29, 0.717) is 21.3 Å². The lowest BCUT2D eigenvalue weighted by Gasteiger charge is -2.19. The Bertz CT molecular complexity index is 629. The fraction of sp³-hybridized carbons (Fsp3) is 0.286. The van der Waals surface area contributed by atoms with Crippen molar-refractivity contribution in [1.82, 2.24) is 9.69 Å². The van der Waals surface area contributed by atoms with E-state index in [9.17, 15) is 4.79 Å². The highest BCUT2D eigenvalue weighted by molar-refractivity contribution is 7.09. The summed E-state index contributed by atoms with van der Waals surface area (Å²) in [5.74, 6) is -0.201. The number of halogens is 1. The molecule has 3 N–H and O–H groups in total. The summed E-state index contributed by atoms with van der Waals surface area (Å²) in [6.07, 6.45) is 0. The number of carbonyl (C=O) groups excluding carboxylic acids is 1. The third kappa shape index (κ3) is 3.29. The van der Waals surface area contributed by atoms with Crippen LogP contribution in [0.2, 0.25) is 5.02 Å². The maximum absolute atomic E-state index is 12.1. The van der Waals surface area contributed by atoms with E-state index in [2.05, 4.69) is 9.69 Å². The minimum Gasteiger partial charge on any atom is -0.396 e. The molecule has 2 rings (SSSR count).